The summed E-state index contributed by atoms with van der Waals surface area (Å²) >= 11 is 3.38. The number of nitrogens with one attached hydrogen (secondary N) is 2. The average molecular weight is 359 g/mol. The van der Waals surface area contributed by atoms with Crippen LogP contribution in [0.1, 0.15) is 32.3 Å². The Hall–Kier alpha value is -1.60. The third-order valence-electron chi connectivity index (χ3n) is 2.94. The molecule has 0 aromatic heterocycles. The predicted octanol–water partition coefficient (Wildman–Crippen LogP) is 2.53. The molecule has 1 unspecified atom stereocenters. The second kappa shape index (κ2) is 6.91. The normalized spacial score (nSPS) is 13.6. The summed E-state index contributed by atoms with van der Waals surface area (Å²) in [5.41, 5.74) is -0.414. The summed E-state index contributed by atoms with van der Waals surface area (Å²) in [6.07, 6.45) is 0. The highest BCUT2D eigenvalue weighted by Gasteiger charge is 2.30. The number of hydrogen-bond donors (Lipinski definition) is 4. The maximum Gasteiger partial charge on any atom is 0.337 e. The molecule has 6 nitrogen and oxygen atoms in total. The molecule has 0 aliphatic carbocycles. The van der Waals surface area contributed by atoms with Gasteiger partial charge < -0.3 is 20.8 Å². The third kappa shape index (κ3) is 5.02. The van der Waals surface area contributed by atoms with Crippen molar-refractivity contribution in [2.24, 2.45) is 0 Å². The van der Waals surface area contributed by atoms with E-state index in [2.05, 4.69) is 26.6 Å². The number of anilines is 1. The molecule has 0 saturated heterocycles. The number of aliphatic hydroxyl groups is 1. The number of rotatable bonds is 5. The number of aliphatic carboxylic acids is 1. The summed E-state index contributed by atoms with van der Waals surface area (Å²) < 4.78 is 0.908. The molecule has 116 valence electrons. The number of urea groups is 1. The first-order valence-electron chi connectivity index (χ1n) is 6.43. The van der Waals surface area contributed by atoms with Gasteiger partial charge in [-0.05, 0) is 36.6 Å². The lowest BCUT2D eigenvalue weighted by Crippen LogP contribution is -2.47. The second-order valence-electron chi connectivity index (χ2n) is 5.27. The molecule has 1 aromatic rings. The number of carboxylic acids is 1. The van der Waals surface area contributed by atoms with Gasteiger partial charge in [0.2, 0.25) is 0 Å². The van der Waals surface area contributed by atoms with Crippen LogP contribution in [0.5, 0.6) is 0 Å². The van der Waals surface area contributed by atoms with Crippen LogP contribution < -0.4 is 10.6 Å². The Bertz CT molecular complexity index is 544. The largest absolute Gasteiger partial charge is 0.479 e. The minimum atomic E-state index is -2.00. The highest BCUT2D eigenvalue weighted by molar-refractivity contribution is 9.10. The average Bonchev–Trinajstić information content (AvgIpc) is 2.38. The summed E-state index contributed by atoms with van der Waals surface area (Å²) in [6.45, 7) is 4.73. The smallest absolute Gasteiger partial charge is 0.337 e. The van der Waals surface area contributed by atoms with Gasteiger partial charge in [-0.2, -0.15) is 0 Å². The molecule has 0 spiro atoms. The van der Waals surface area contributed by atoms with Crippen molar-refractivity contribution in [3.8, 4) is 0 Å². The van der Waals surface area contributed by atoms with Gasteiger partial charge in [0.25, 0.3) is 0 Å². The number of carboxylic acid groups (broad SMARTS) is 1. The summed E-state index contributed by atoms with van der Waals surface area (Å²) in [5, 5.41) is 23.3. The van der Waals surface area contributed by atoms with Gasteiger partial charge in [-0.1, -0.05) is 29.8 Å². The molecular weight excluding hydrogens is 340 g/mol. The van der Waals surface area contributed by atoms with Crippen molar-refractivity contribution in [2.45, 2.75) is 32.3 Å². The van der Waals surface area contributed by atoms with Crippen molar-refractivity contribution < 1.29 is 19.8 Å². The minimum absolute atomic E-state index is 0.208. The van der Waals surface area contributed by atoms with E-state index >= 15 is 0 Å². The molecule has 0 fully saturated rings. The van der Waals surface area contributed by atoms with Gasteiger partial charge in [-0.15, -0.1) is 0 Å². The fraction of sp³-hybridized carbons (Fsp3) is 0.429. The van der Waals surface area contributed by atoms with Crippen molar-refractivity contribution >= 4 is 33.6 Å². The van der Waals surface area contributed by atoms with Crippen LogP contribution in [0, 0.1) is 0 Å². The van der Waals surface area contributed by atoms with Crippen LogP contribution in [0.3, 0.4) is 0 Å². The molecule has 2 amide bonds. The summed E-state index contributed by atoms with van der Waals surface area (Å²) in [7, 11) is 0. The van der Waals surface area contributed by atoms with Crippen LogP contribution >= 0.6 is 15.9 Å². The third-order valence-corrected chi connectivity index (χ3v) is 3.43. The number of benzene rings is 1. The Morgan fingerprint density at radius 3 is 2.52 bits per heavy atom. The highest BCUT2D eigenvalue weighted by atomic mass is 79.9. The molecule has 0 bridgehead atoms. The van der Waals surface area contributed by atoms with E-state index in [1.807, 2.05) is 19.9 Å². The van der Waals surface area contributed by atoms with Gasteiger partial charge in [0, 0.05) is 10.2 Å². The first kappa shape index (κ1) is 17.5. The zero-order valence-corrected chi connectivity index (χ0v) is 13.7. The lowest BCUT2D eigenvalue weighted by atomic mass is 10.0. The van der Waals surface area contributed by atoms with Crippen LogP contribution in [0.25, 0.3) is 0 Å². The van der Waals surface area contributed by atoms with E-state index in [4.69, 9.17) is 5.11 Å². The van der Waals surface area contributed by atoms with Gasteiger partial charge in [0.1, 0.15) is 0 Å². The SMILES string of the molecule is CC(C)c1cc(Br)ccc1NC(=O)NCC(C)(O)C(=O)O. The van der Waals surface area contributed by atoms with E-state index in [0.29, 0.717) is 5.69 Å². The van der Waals surface area contributed by atoms with Crippen LogP contribution in [0.15, 0.2) is 22.7 Å². The van der Waals surface area contributed by atoms with Crippen molar-refractivity contribution in [3.63, 3.8) is 0 Å². The van der Waals surface area contributed by atoms with Crippen molar-refractivity contribution in [1.29, 1.82) is 0 Å². The van der Waals surface area contributed by atoms with Crippen LogP contribution in [-0.4, -0.2) is 34.4 Å². The lowest BCUT2D eigenvalue weighted by molar-refractivity contribution is -0.155. The first-order chi connectivity index (χ1) is 9.63. The molecular formula is C14H19BrN2O4. The van der Waals surface area contributed by atoms with Gasteiger partial charge >= 0.3 is 12.0 Å². The van der Waals surface area contributed by atoms with E-state index in [0.717, 1.165) is 17.0 Å². The van der Waals surface area contributed by atoms with E-state index < -0.39 is 17.6 Å². The topological polar surface area (TPSA) is 98.7 Å². The first-order valence-corrected chi connectivity index (χ1v) is 7.23. The summed E-state index contributed by atoms with van der Waals surface area (Å²) in [6, 6.07) is 4.90. The molecule has 0 radical (unpaired) electrons. The molecule has 0 heterocycles. The fourth-order valence-corrected chi connectivity index (χ4v) is 2.00. The van der Waals surface area contributed by atoms with Crippen LogP contribution in [0.4, 0.5) is 10.5 Å². The monoisotopic (exact) mass is 358 g/mol. The minimum Gasteiger partial charge on any atom is -0.479 e. The molecule has 1 rings (SSSR count). The zero-order valence-electron chi connectivity index (χ0n) is 12.1. The standard InChI is InChI=1S/C14H19BrN2O4/c1-8(2)10-6-9(15)4-5-11(10)17-13(20)16-7-14(3,21)12(18)19/h4-6,8,21H,7H2,1-3H3,(H,18,19)(H2,16,17,20). The number of amides is 2. The van der Waals surface area contributed by atoms with Gasteiger partial charge in [-0.3, -0.25) is 0 Å². The maximum atomic E-state index is 11.8. The molecule has 0 aliphatic rings. The van der Waals surface area contributed by atoms with E-state index in [1.54, 1.807) is 12.1 Å². The number of halogens is 1. The number of carbonyl (C=O) groups is 2. The maximum absolute atomic E-state index is 11.8. The summed E-state index contributed by atoms with van der Waals surface area (Å²) in [5.74, 6) is -1.19. The predicted molar refractivity (Wildman–Crippen MR) is 83.5 cm³/mol. The molecule has 21 heavy (non-hydrogen) atoms. The quantitative estimate of drug-likeness (QED) is 0.649. The Kier molecular flexibility index (Phi) is 5.74. The molecule has 0 saturated carbocycles. The van der Waals surface area contributed by atoms with Crippen molar-refractivity contribution in [1.82, 2.24) is 5.32 Å². The molecule has 7 heteroatoms. The van der Waals surface area contributed by atoms with E-state index in [9.17, 15) is 14.7 Å². The van der Waals surface area contributed by atoms with Crippen LogP contribution in [0.2, 0.25) is 0 Å². The van der Waals surface area contributed by atoms with E-state index in [1.165, 1.54) is 0 Å². The molecule has 1 aromatic carbocycles. The van der Waals surface area contributed by atoms with Gasteiger partial charge in [0.05, 0.1) is 6.54 Å². The van der Waals surface area contributed by atoms with Crippen molar-refractivity contribution in [2.75, 3.05) is 11.9 Å². The number of carbonyl (C=O) groups excluding carboxylic acids is 1. The molecule has 0 aliphatic heterocycles. The Morgan fingerprint density at radius 2 is 2.00 bits per heavy atom. The molecule has 4 N–H and O–H groups in total. The summed E-state index contributed by atoms with van der Waals surface area (Å²) in [4.78, 5) is 22.5. The Balaban J connectivity index is 2.74. The van der Waals surface area contributed by atoms with Gasteiger partial charge in [0.15, 0.2) is 5.60 Å². The molecule has 1 atom stereocenters. The van der Waals surface area contributed by atoms with Gasteiger partial charge in [-0.25, -0.2) is 9.59 Å². The Morgan fingerprint density at radius 1 is 1.38 bits per heavy atom. The van der Waals surface area contributed by atoms with E-state index in [-0.39, 0.29) is 12.5 Å². The number of hydrogen-bond acceptors (Lipinski definition) is 3. The zero-order chi connectivity index (χ0) is 16.2. The lowest BCUT2D eigenvalue weighted by Gasteiger charge is -2.19. The van der Waals surface area contributed by atoms with Crippen molar-refractivity contribution in [3.05, 3.63) is 28.2 Å². The van der Waals surface area contributed by atoms with Crippen LogP contribution in [-0.2, 0) is 4.79 Å². The fourth-order valence-electron chi connectivity index (χ4n) is 1.62. The second-order valence-corrected chi connectivity index (χ2v) is 6.19. The Labute approximate surface area is 131 Å². The highest BCUT2D eigenvalue weighted by Crippen LogP contribution is 2.27.